The number of benzene rings is 1. The van der Waals surface area contributed by atoms with Crippen LogP contribution in [0.15, 0.2) is 24.3 Å². The van der Waals surface area contributed by atoms with E-state index in [-0.39, 0.29) is 24.1 Å². The van der Waals surface area contributed by atoms with Gasteiger partial charge in [0, 0.05) is 29.6 Å². The number of carbonyl (C=O) groups excluding carboxylic acids is 2. The van der Waals surface area contributed by atoms with Crippen LogP contribution in [0.2, 0.25) is 0 Å². The van der Waals surface area contributed by atoms with E-state index in [4.69, 9.17) is 5.73 Å². The van der Waals surface area contributed by atoms with E-state index in [0.717, 1.165) is 6.42 Å². The SMILES string of the molecule is CCC(=O)c1ccc(C(=O)NC(C)(CN)CC(C)C)cc1.Cl. The second-order valence-corrected chi connectivity index (χ2v) is 6.17. The highest BCUT2D eigenvalue weighted by Crippen LogP contribution is 2.16. The zero-order chi connectivity index (χ0) is 16.0. The van der Waals surface area contributed by atoms with Crippen LogP contribution in [0.4, 0.5) is 0 Å². The van der Waals surface area contributed by atoms with Crippen molar-refractivity contribution in [1.29, 1.82) is 0 Å². The largest absolute Gasteiger partial charge is 0.346 e. The fourth-order valence-corrected chi connectivity index (χ4v) is 2.44. The van der Waals surface area contributed by atoms with E-state index < -0.39 is 5.54 Å². The quantitative estimate of drug-likeness (QED) is 0.756. The molecule has 0 bridgehead atoms. The maximum atomic E-state index is 12.3. The Morgan fingerprint density at radius 3 is 2.09 bits per heavy atom. The van der Waals surface area contributed by atoms with Gasteiger partial charge in [0.25, 0.3) is 5.91 Å². The average Bonchev–Trinajstić information content (AvgIpc) is 2.45. The first kappa shape index (κ1) is 20.6. The number of rotatable bonds is 7. The van der Waals surface area contributed by atoms with Gasteiger partial charge < -0.3 is 11.1 Å². The number of carbonyl (C=O) groups is 2. The van der Waals surface area contributed by atoms with Gasteiger partial charge >= 0.3 is 0 Å². The number of nitrogens with one attached hydrogen (secondary N) is 1. The number of hydrogen-bond acceptors (Lipinski definition) is 3. The molecule has 0 aliphatic carbocycles. The Bertz CT molecular complexity index is 500. The van der Waals surface area contributed by atoms with Crippen LogP contribution in [0.1, 0.15) is 61.3 Å². The van der Waals surface area contributed by atoms with Crippen LogP contribution in [0.25, 0.3) is 0 Å². The van der Waals surface area contributed by atoms with Crippen LogP contribution >= 0.6 is 12.4 Å². The van der Waals surface area contributed by atoms with Gasteiger partial charge in [0.1, 0.15) is 0 Å². The van der Waals surface area contributed by atoms with E-state index in [0.29, 0.717) is 30.0 Å². The van der Waals surface area contributed by atoms with Crippen LogP contribution in [0.5, 0.6) is 0 Å². The number of halogens is 1. The summed E-state index contributed by atoms with van der Waals surface area (Å²) in [5.41, 5.74) is 6.57. The van der Waals surface area contributed by atoms with E-state index >= 15 is 0 Å². The topological polar surface area (TPSA) is 72.2 Å². The Hall–Kier alpha value is -1.39. The fraction of sp³-hybridized carbons (Fsp3) is 0.529. The molecule has 1 aromatic carbocycles. The lowest BCUT2D eigenvalue weighted by Gasteiger charge is -2.31. The van der Waals surface area contributed by atoms with Crippen LogP contribution in [0, 0.1) is 5.92 Å². The molecule has 1 atom stereocenters. The van der Waals surface area contributed by atoms with E-state index in [1.807, 2.05) is 13.8 Å². The van der Waals surface area contributed by atoms with Gasteiger partial charge in [-0.2, -0.15) is 0 Å². The minimum Gasteiger partial charge on any atom is -0.346 e. The molecular weight excluding hydrogens is 300 g/mol. The van der Waals surface area contributed by atoms with E-state index in [1.54, 1.807) is 24.3 Å². The lowest BCUT2D eigenvalue weighted by atomic mass is 9.90. The summed E-state index contributed by atoms with van der Waals surface area (Å²) in [6.45, 7) is 8.38. The summed E-state index contributed by atoms with van der Waals surface area (Å²) >= 11 is 0. The van der Waals surface area contributed by atoms with Gasteiger partial charge in [-0.15, -0.1) is 12.4 Å². The highest BCUT2D eigenvalue weighted by Gasteiger charge is 2.26. The Morgan fingerprint density at radius 2 is 1.68 bits per heavy atom. The van der Waals surface area contributed by atoms with Gasteiger partial charge in [0.05, 0.1) is 0 Å². The zero-order valence-electron chi connectivity index (χ0n) is 13.8. The predicted octanol–water partition coefficient (Wildman–Crippen LogP) is 3.19. The number of nitrogens with two attached hydrogens (primary N) is 1. The lowest BCUT2D eigenvalue weighted by Crippen LogP contribution is -2.52. The molecule has 0 aliphatic rings. The van der Waals surface area contributed by atoms with Crippen molar-refractivity contribution in [3.8, 4) is 0 Å². The summed E-state index contributed by atoms with van der Waals surface area (Å²) in [6.07, 6.45) is 1.28. The molecule has 0 saturated heterocycles. The van der Waals surface area contributed by atoms with Gasteiger partial charge in [-0.25, -0.2) is 0 Å². The fourth-order valence-electron chi connectivity index (χ4n) is 2.44. The maximum absolute atomic E-state index is 12.3. The van der Waals surface area contributed by atoms with E-state index in [1.165, 1.54) is 0 Å². The second kappa shape index (κ2) is 8.91. The average molecular weight is 327 g/mol. The molecule has 3 N–H and O–H groups in total. The minimum atomic E-state index is -0.414. The highest BCUT2D eigenvalue weighted by molar-refractivity contribution is 5.98. The Balaban J connectivity index is 0.00000441. The summed E-state index contributed by atoms with van der Waals surface area (Å²) in [6, 6.07) is 6.76. The summed E-state index contributed by atoms with van der Waals surface area (Å²) < 4.78 is 0. The molecule has 0 fully saturated rings. The summed E-state index contributed by atoms with van der Waals surface area (Å²) in [4.78, 5) is 23.9. The molecule has 0 radical (unpaired) electrons. The monoisotopic (exact) mass is 326 g/mol. The van der Waals surface area contributed by atoms with Crippen molar-refractivity contribution < 1.29 is 9.59 Å². The first-order valence-electron chi connectivity index (χ1n) is 7.47. The van der Waals surface area contributed by atoms with Crippen molar-refractivity contribution in [2.45, 2.75) is 46.1 Å². The van der Waals surface area contributed by atoms with E-state index in [2.05, 4.69) is 19.2 Å². The normalized spacial score (nSPS) is 13.2. The highest BCUT2D eigenvalue weighted by atomic mass is 35.5. The third-order valence-electron chi connectivity index (χ3n) is 3.51. The molecule has 0 spiro atoms. The molecule has 1 aromatic rings. The van der Waals surface area contributed by atoms with Crippen molar-refractivity contribution in [1.82, 2.24) is 5.32 Å². The van der Waals surface area contributed by atoms with Gasteiger partial charge in [-0.1, -0.05) is 32.9 Å². The standard InChI is InChI=1S/C17H26N2O2.ClH/c1-5-15(20)13-6-8-14(9-7-13)16(21)19-17(4,11-18)10-12(2)3;/h6-9,12H,5,10-11,18H2,1-4H3,(H,19,21);1H. The molecule has 0 heterocycles. The molecule has 0 saturated carbocycles. The van der Waals surface area contributed by atoms with Crippen molar-refractivity contribution in [3.05, 3.63) is 35.4 Å². The van der Waals surface area contributed by atoms with Gasteiger partial charge in [-0.3, -0.25) is 9.59 Å². The molecule has 4 nitrogen and oxygen atoms in total. The summed E-state index contributed by atoms with van der Waals surface area (Å²) in [7, 11) is 0. The Kier molecular flexibility index (Phi) is 8.35. The van der Waals surface area contributed by atoms with Crippen molar-refractivity contribution in [3.63, 3.8) is 0 Å². The smallest absolute Gasteiger partial charge is 0.251 e. The molecule has 0 aliphatic heterocycles. The van der Waals surface area contributed by atoms with Gasteiger partial charge in [-0.05, 0) is 31.4 Å². The third-order valence-corrected chi connectivity index (χ3v) is 3.51. The summed E-state index contributed by atoms with van der Waals surface area (Å²) in [5.74, 6) is 0.371. The molecule has 1 amide bonds. The number of hydrogen-bond donors (Lipinski definition) is 2. The van der Waals surface area contributed by atoms with Crippen LogP contribution in [-0.4, -0.2) is 23.8 Å². The van der Waals surface area contributed by atoms with Crippen molar-refractivity contribution in [2.24, 2.45) is 11.7 Å². The van der Waals surface area contributed by atoms with Crippen molar-refractivity contribution >= 4 is 24.1 Å². The Labute approximate surface area is 139 Å². The molecule has 0 aromatic heterocycles. The molecular formula is C17H27ClN2O2. The van der Waals surface area contributed by atoms with Crippen molar-refractivity contribution in [2.75, 3.05) is 6.54 Å². The van der Waals surface area contributed by atoms with Crippen LogP contribution in [0.3, 0.4) is 0 Å². The van der Waals surface area contributed by atoms with E-state index in [9.17, 15) is 9.59 Å². The third kappa shape index (κ3) is 5.78. The predicted molar refractivity (Wildman–Crippen MR) is 92.7 cm³/mol. The lowest BCUT2D eigenvalue weighted by molar-refractivity contribution is 0.0896. The minimum absolute atomic E-state index is 0. The number of Topliss-reactive ketones (excluding diaryl/α,β-unsaturated/α-hetero) is 1. The molecule has 1 unspecified atom stereocenters. The van der Waals surface area contributed by atoms with Crippen LogP contribution < -0.4 is 11.1 Å². The molecule has 124 valence electrons. The number of amides is 1. The van der Waals surface area contributed by atoms with Crippen LogP contribution in [-0.2, 0) is 0 Å². The first-order chi connectivity index (χ1) is 9.81. The molecule has 5 heteroatoms. The number of ketones is 1. The zero-order valence-corrected chi connectivity index (χ0v) is 14.6. The second-order valence-electron chi connectivity index (χ2n) is 6.17. The maximum Gasteiger partial charge on any atom is 0.251 e. The Morgan fingerprint density at radius 1 is 1.18 bits per heavy atom. The summed E-state index contributed by atoms with van der Waals surface area (Å²) in [5, 5.41) is 3.00. The molecule has 1 rings (SSSR count). The molecule has 22 heavy (non-hydrogen) atoms. The van der Waals surface area contributed by atoms with Gasteiger partial charge in [0.2, 0.25) is 0 Å². The first-order valence-corrected chi connectivity index (χ1v) is 7.47. The van der Waals surface area contributed by atoms with Gasteiger partial charge in [0.15, 0.2) is 5.78 Å².